The molecule has 0 spiro atoms. The van der Waals surface area contributed by atoms with E-state index in [1.54, 1.807) is 0 Å². The molecule has 0 radical (unpaired) electrons. The van der Waals surface area contributed by atoms with Gasteiger partial charge < -0.3 is 10.4 Å². The third-order valence-electron chi connectivity index (χ3n) is 2.37. The van der Waals surface area contributed by atoms with Gasteiger partial charge in [-0.3, -0.25) is 0 Å². The van der Waals surface area contributed by atoms with Gasteiger partial charge in [-0.15, -0.1) is 0 Å². The van der Waals surface area contributed by atoms with Crippen LogP contribution in [0, 0.1) is 5.92 Å². The van der Waals surface area contributed by atoms with Crippen molar-refractivity contribution in [1.29, 1.82) is 0 Å². The van der Waals surface area contributed by atoms with Gasteiger partial charge in [-0.2, -0.15) is 0 Å². The van der Waals surface area contributed by atoms with Gasteiger partial charge in [0.15, 0.2) is 0 Å². The Hall–Kier alpha value is -0.0800. The topological polar surface area (TPSA) is 32.3 Å². The van der Waals surface area contributed by atoms with Gasteiger partial charge >= 0.3 is 0 Å². The van der Waals surface area contributed by atoms with Crippen LogP contribution in [-0.2, 0) is 0 Å². The lowest BCUT2D eigenvalue weighted by Gasteiger charge is -2.29. The first kappa shape index (κ1) is 8.02. The van der Waals surface area contributed by atoms with Crippen LogP contribution in [0.5, 0.6) is 0 Å². The van der Waals surface area contributed by atoms with Gasteiger partial charge in [0.1, 0.15) is 0 Å². The molecule has 2 nitrogen and oxygen atoms in total. The molecule has 1 fully saturated rings. The van der Waals surface area contributed by atoms with Crippen LogP contribution in [0.15, 0.2) is 0 Å². The summed E-state index contributed by atoms with van der Waals surface area (Å²) in [6.45, 7) is 3.71. The number of piperidine rings is 1. The first-order chi connectivity index (χ1) is 4.84. The van der Waals surface area contributed by atoms with E-state index >= 15 is 0 Å². The molecule has 0 bridgehead atoms. The van der Waals surface area contributed by atoms with Gasteiger partial charge in [0, 0.05) is 12.6 Å². The van der Waals surface area contributed by atoms with Gasteiger partial charge in [0.25, 0.3) is 0 Å². The number of aliphatic hydroxyl groups excluding tert-OH is 1. The third-order valence-corrected chi connectivity index (χ3v) is 2.37. The summed E-state index contributed by atoms with van der Waals surface area (Å²) in [4.78, 5) is 0. The summed E-state index contributed by atoms with van der Waals surface area (Å²) in [6, 6.07) is 0.568. The summed E-state index contributed by atoms with van der Waals surface area (Å²) in [6.07, 6.45) is 3.53. The summed E-state index contributed by atoms with van der Waals surface area (Å²) >= 11 is 0. The van der Waals surface area contributed by atoms with Crippen molar-refractivity contribution >= 4 is 0 Å². The van der Waals surface area contributed by atoms with Crippen molar-refractivity contribution < 1.29 is 5.11 Å². The zero-order chi connectivity index (χ0) is 7.40. The number of hydrogen-bond donors (Lipinski definition) is 2. The van der Waals surface area contributed by atoms with Crippen LogP contribution >= 0.6 is 0 Å². The van der Waals surface area contributed by atoms with E-state index in [-0.39, 0.29) is 0 Å². The molecule has 1 heterocycles. The van der Waals surface area contributed by atoms with E-state index in [9.17, 15) is 0 Å². The van der Waals surface area contributed by atoms with Crippen LogP contribution in [-0.4, -0.2) is 24.3 Å². The predicted molar refractivity (Wildman–Crippen MR) is 41.9 cm³/mol. The average molecular weight is 143 g/mol. The van der Waals surface area contributed by atoms with E-state index in [0.717, 1.165) is 18.9 Å². The lowest BCUT2D eigenvalue weighted by atomic mass is 9.91. The van der Waals surface area contributed by atoms with Gasteiger partial charge in [0.2, 0.25) is 0 Å². The summed E-state index contributed by atoms with van der Waals surface area (Å²) in [5.41, 5.74) is 0. The molecule has 10 heavy (non-hydrogen) atoms. The van der Waals surface area contributed by atoms with E-state index in [1.165, 1.54) is 12.8 Å². The van der Waals surface area contributed by atoms with E-state index in [1.807, 2.05) is 0 Å². The van der Waals surface area contributed by atoms with Crippen molar-refractivity contribution in [2.75, 3.05) is 13.2 Å². The summed E-state index contributed by atoms with van der Waals surface area (Å²) in [5.74, 6) is 0.751. The standard InChI is InChI=1S/C8H17NO/c1-7-3-2-5-9-8(7)4-6-10/h7-10H,2-6H2,1H3/t7-,8+/m1/s1. The largest absolute Gasteiger partial charge is 0.396 e. The van der Waals surface area contributed by atoms with E-state index in [2.05, 4.69) is 12.2 Å². The average Bonchev–Trinajstić information content (AvgIpc) is 1.94. The molecule has 0 aromatic heterocycles. The van der Waals surface area contributed by atoms with Gasteiger partial charge in [-0.05, 0) is 31.7 Å². The van der Waals surface area contributed by atoms with Crippen LogP contribution in [0.4, 0.5) is 0 Å². The fourth-order valence-corrected chi connectivity index (χ4v) is 1.64. The minimum absolute atomic E-state index is 0.321. The van der Waals surface area contributed by atoms with Crippen LogP contribution in [0.1, 0.15) is 26.2 Å². The van der Waals surface area contributed by atoms with Crippen molar-refractivity contribution in [2.24, 2.45) is 5.92 Å². The Bertz CT molecular complexity index is 93.3. The third kappa shape index (κ3) is 1.96. The van der Waals surface area contributed by atoms with E-state index in [4.69, 9.17) is 5.11 Å². The Kier molecular flexibility index (Phi) is 3.16. The highest BCUT2D eigenvalue weighted by atomic mass is 16.3. The number of nitrogens with one attached hydrogen (secondary N) is 1. The molecule has 1 aliphatic heterocycles. The van der Waals surface area contributed by atoms with Crippen LogP contribution in [0.3, 0.4) is 0 Å². The molecule has 0 aromatic rings. The lowest BCUT2D eigenvalue weighted by Crippen LogP contribution is -2.40. The number of hydrogen-bond acceptors (Lipinski definition) is 2. The van der Waals surface area contributed by atoms with Gasteiger partial charge in [-0.1, -0.05) is 6.92 Å². The zero-order valence-corrected chi connectivity index (χ0v) is 6.64. The highest BCUT2D eigenvalue weighted by Gasteiger charge is 2.19. The molecule has 0 aliphatic carbocycles. The van der Waals surface area contributed by atoms with E-state index < -0.39 is 0 Å². The second-order valence-electron chi connectivity index (χ2n) is 3.19. The van der Waals surface area contributed by atoms with Gasteiger partial charge in [-0.25, -0.2) is 0 Å². The van der Waals surface area contributed by atoms with Crippen molar-refractivity contribution in [3.63, 3.8) is 0 Å². The van der Waals surface area contributed by atoms with Crippen LogP contribution in [0.2, 0.25) is 0 Å². The highest BCUT2D eigenvalue weighted by Crippen LogP contribution is 2.17. The summed E-state index contributed by atoms with van der Waals surface area (Å²) < 4.78 is 0. The molecule has 60 valence electrons. The molecule has 1 aliphatic rings. The quantitative estimate of drug-likeness (QED) is 0.598. The van der Waals surface area contributed by atoms with Gasteiger partial charge in [0.05, 0.1) is 0 Å². The molecular weight excluding hydrogens is 126 g/mol. The zero-order valence-electron chi connectivity index (χ0n) is 6.64. The first-order valence-corrected chi connectivity index (χ1v) is 4.19. The van der Waals surface area contributed by atoms with E-state index in [0.29, 0.717) is 12.6 Å². The van der Waals surface area contributed by atoms with Crippen molar-refractivity contribution in [1.82, 2.24) is 5.32 Å². The maximum Gasteiger partial charge on any atom is 0.0445 e. The molecule has 0 unspecified atom stereocenters. The minimum atomic E-state index is 0.321. The molecule has 2 N–H and O–H groups in total. The maximum atomic E-state index is 8.70. The fraction of sp³-hybridized carbons (Fsp3) is 1.00. The Labute approximate surface area is 62.6 Å². The molecule has 2 atom stereocenters. The molecule has 1 saturated heterocycles. The fourth-order valence-electron chi connectivity index (χ4n) is 1.64. The molecular formula is C8H17NO. The van der Waals surface area contributed by atoms with Crippen LogP contribution in [0.25, 0.3) is 0 Å². The Balaban J connectivity index is 2.25. The molecule has 0 saturated carbocycles. The number of aliphatic hydroxyl groups is 1. The molecule has 0 amide bonds. The summed E-state index contributed by atoms with van der Waals surface area (Å²) in [7, 11) is 0. The molecule has 0 aromatic carbocycles. The second-order valence-corrected chi connectivity index (χ2v) is 3.19. The molecule has 2 heteroatoms. The second kappa shape index (κ2) is 3.94. The first-order valence-electron chi connectivity index (χ1n) is 4.19. The predicted octanol–water partition coefficient (Wildman–Crippen LogP) is 0.757. The SMILES string of the molecule is C[C@@H]1CCCN[C@H]1CCO. The molecule has 1 rings (SSSR count). The maximum absolute atomic E-state index is 8.70. The minimum Gasteiger partial charge on any atom is -0.396 e. The normalized spacial score (nSPS) is 34.2. The van der Waals surface area contributed by atoms with Crippen molar-refractivity contribution in [3.8, 4) is 0 Å². The lowest BCUT2D eigenvalue weighted by molar-refractivity contribution is 0.217. The monoisotopic (exact) mass is 143 g/mol. The highest BCUT2D eigenvalue weighted by molar-refractivity contribution is 4.77. The summed E-state index contributed by atoms with van der Waals surface area (Å²) in [5, 5.41) is 12.1. The Morgan fingerprint density at radius 2 is 2.40 bits per heavy atom. The van der Waals surface area contributed by atoms with Crippen molar-refractivity contribution in [3.05, 3.63) is 0 Å². The number of rotatable bonds is 2. The Morgan fingerprint density at radius 1 is 1.60 bits per heavy atom. The van der Waals surface area contributed by atoms with Crippen LogP contribution < -0.4 is 5.32 Å². The smallest absolute Gasteiger partial charge is 0.0445 e. The van der Waals surface area contributed by atoms with Crippen molar-refractivity contribution in [2.45, 2.75) is 32.2 Å². The Morgan fingerprint density at radius 3 is 3.00 bits per heavy atom.